The van der Waals surface area contributed by atoms with E-state index in [0.717, 1.165) is 22.5 Å². The van der Waals surface area contributed by atoms with Crippen molar-refractivity contribution < 1.29 is 9.59 Å². The van der Waals surface area contributed by atoms with E-state index in [9.17, 15) is 9.59 Å². The van der Waals surface area contributed by atoms with Gasteiger partial charge >= 0.3 is 0 Å². The van der Waals surface area contributed by atoms with Crippen LogP contribution >= 0.6 is 34.5 Å². The van der Waals surface area contributed by atoms with Crippen LogP contribution in [-0.4, -0.2) is 10.5 Å². The van der Waals surface area contributed by atoms with Gasteiger partial charge < -0.3 is 0 Å². The van der Waals surface area contributed by atoms with Crippen molar-refractivity contribution in [2.45, 2.75) is 13.8 Å². The van der Waals surface area contributed by atoms with E-state index in [4.69, 9.17) is 23.2 Å². The molecule has 0 aliphatic heterocycles. The minimum absolute atomic E-state index is 0.392. The number of halogens is 2. The van der Waals surface area contributed by atoms with E-state index in [1.165, 1.54) is 0 Å². The molecule has 0 atom stereocenters. The zero-order valence-electron chi connectivity index (χ0n) is 6.98. The third-order valence-corrected chi connectivity index (χ3v) is 3.80. The number of rotatable bonds is 2. The minimum Gasteiger partial charge on any atom is -0.275 e. The lowest BCUT2D eigenvalue weighted by molar-refractivity contribution is 0.107. The fourth-order valence-corrected chi connectivity index (χ4v) is 2.46. The molecule has 0 saturated heterocycles. The lowest BCUT2D eigenvalue weighted by Gasteiger charge is -1.91. The summed E-state index contributed by atoms with van der Waals surface area (Å²) < 4.78 is 0. The van der Waals surface area contributed by atoms with Crippen LogP contribution in [0.25, 0.3) is 0 Å². The summed E-state index contributed by atoms with van der Waals surface area (Å²) >= 11 is 11.7. The van der Waals surface area contributed by atoms with Gasteiger partial charge in [-0.05, 0) is 48.2 Å². The van der Waals surface area contributed by atoms with E-state index in [1.807, 2.05) is 0 Å². The number of carbonyl (C=O) groups excluding carboxylic acids is 2. The quantitative estimate of drug-likeness (QED) is 0.740. The topological polar surface area (TPSA) is 34.1 Å². The predicted octanol–water partition coefficient (Wildman–Crippen LogP) is 3.12. The van der Waals surface area contributed by atoms with E-state index in [-0.39, 0.29) is 0 Å². The van der Waals surface area contributed by atoms with E-state index in [1.54, 1.807) is 13.8 Å². The molecular formula is C8H6Cl2O2S. The van der Waals surface area contributed by atoms with Crippen LogP contribution in [0, 0.1) is 13.8 Å². The van der Waals surface area contributed by atoms with Crippen LogP contribution in [0.4, 0.5) is 0 Å². The third-order valence-electron chi connectivity index (χ3n) is 1.80. The number of carbonyl (C=O) groups is 2. The lowest BCUT2D eigenvalue weighted by atomic mass is 10.1. The Morgan fingerprint density at radius 1 is 1.00 bits per heavy atom. The highest BCUT2D eigenvalue weighted by Crippen LogP contribution is 2.29. The molecule has 0 aliphatic rings. The summed E-state index contributed by atoms with van der Waals surface area (Å²) in [6, 6.07) is 0. The summed E-state index contributed by atoms with van der Waals surface area (Å²) in [5.41, 5.74) is 1.46. The molecular weight excluding hydrogens is 231 g/mol. The maximum absolute atomic E-state index is 10.9. The van der Waals surface area contributed by atoms with Gasteiger partial charge in [-0.1, -0.05) is 0 Å². The zero-order chi connectivity index (χ0) is 10.2. The summed E-state index contributed by atoms with van der Waals surface area (Å²) in [7, 11) is 0. The summed E-state index contributed by atoms with van der Waals surface area (Å²) in [6.45, 7) is 3.48. The van der Waals surface area contributed by atoms with Crippen LogP contribution in [0.1, 0.15) is 30.5 Å². The molecule has 13 heavy (non-hydrogen) atoms. The molecule has 1 aromatic heterocycles. The highest BCUT2D eigenvalue weighted by Gasteiger charge is 2.18. The average Bonchev–Trinajstić information content (AvgIpc) is 2.29. The third kappa shape index (κ3) is 1.93. The van der Waals surface area contributed by atoms with E-state index in [2.05, 4.69) is 0 Å². The second-order valence-electron chi connectivity index (χ2n) is 2.56. The van der Waals surface area contributed by atoms with Gasteiger partial charge in [-0.15, -0.1) is 11.3 Å². The Morgan fingerprint density at radius 3 is 1.46 bits per heavy atom. The molecule has 0 amide bonds. The first-order chi connectivity index (χ1) is 5.95. The molecule has 1 aromatic rings. The molecule has 0 saturated carbocycles. The Labute approximate surface area is 89.5 Å². The molecule has 0 unspecified atom stereocenters. The maximum Gasteiger partial charge on any atom is 0.262 e. The number of hydrogen-bond acceptors (Lipinski definition) is 3. The van der Waals surface area contributed by atoms with Gasteiger partial charge in [0.1, 0.15) is 0 Å². The van der Waals surface area contributed by atoms with Crippen LogP contribution in [0.3, 0.4) is 0 Å². The predicted molar refractivity (Wildman–Crippen MR) is 54.2 cm³/mol. The second-order valence-corrected chi connectivity index (χ2v) is 4.26. The molecule has 0 bridgehead atoms. The summed E-state index contributed by atoms with van der Waals surface area (Å²) in [6.07, 6.45) is 0. The SMILES string of the molecule is Cc1c(C(=O)Cl)sc(C(=O)Cl)c1C. The van der Waals surface area contributed by atoms with Crippen molar-refractivity contribution in [3.8, 4) is 0 Å². The molecule has 0 fully saturated rings. The zero-order valence-corrected chi connectivity index (χ0v) is 9.31. The van der Waals surface area contributed by atoms with E-state index >= 15 is 0 Å². The molecule has 70 valence electrons. The fraction of sp³-hybridized carbons (Fsp3) is 0.250. The van der Waals surface area contributed by atoms with Crippen LogP contribution in [0.15, 0.2) is 0 Å². The minimum atomic E-state index is -0.547. The Kier molecular flexibility index (Phi) is 3.11. The normalized spacial score (nSPS) is 10.2. The fourth-order valence-electron chi connectivity index (χ4n) is 0.971. The van der Waals surface area contributed by atoms with Gasteiger partial charge in [0, 0.05) is 0 Å². The smallest absolute Gasteiger partial charge is 0.262 e. The first kappa shape index (κ1) is 10.7. The van der Waals surface area contributed by atoms with Crippen molar-refractivity contribution in [1.82, 2.24) is 0 Å². The van der Waals surface area contributed by atoms with Crippen molar-refractivity contribution in [3.63, 3.8) is 0 Å². The molecule has 5 heteroatoms. The molecule has 0 spiro atoms. The number of hydrogen-bond donors (Lipinski definition) is 0. The first-order valence-electron chi connectivity index (χ1n) is 3.44. The van der Waals surface area contributed by atoms with Gasteiger partial charge in [0.2, 0.25) is 0 Å². The van der Waals surface area contributed by atoms with Crippen LogP contribution in [0.5, 0.6) is 0 Å². The Balaban J connectivity index is 3.36. The van der Waals surface area contributed by atoms with Gasteiger partial charge in [0.25, 0.3) is 10.5 Å². The van der Waals surface area contributed by atoms with Gasteiger partial charge in [-0.3, -0.25) is 9.59 Å². The first-order valence-corrected chi connectivity index (χ1v) is 5.02. The monoisotopic (exact) mass is 236 g/mol. The highest BCUT2D eigenvalue weighted by molar-refractivity contribution is 7.19. The van der Waals surface area contributed by atoms with Crippen molar-refractivity contribution in [2.24, 2.45) is 0 Å². The standard InChI is InChI=1S/C8H6Cl2O2S/c1-3-4(2)6(8(10)12)13-5(3)7(9)11/h1-2H3. The second kappa shape index (κ2) is 3.78. The van der Waals surface area contributed by atoms with Crippen LogP contribution < -0.4 is 0 Å². The van der Waals surface area contributed by atoms with Crippen molar-refractivity contribution >= 4 is 45.0 Å². The average molecular weight is 237 g/mol. The molecule has 0 N–H and O–H groups in total. The van der Waals surface area contributed by atoms with E-state index < -0.39 is 10.5 Å². The Morgan fingerprint density at radius 2 is 1.31 bits per heavy atom. The maximum atomic E-state index is 10.9. The highest BCUT2D eigenvalue weighted by atomic mass is 35.5. The van der Waals surface area contributed by atoms with Gasteiger partial charge in [-0.25, -0.2) is 0 Å². The molecule has 0 aromatic carbocycles. The van der Waals surface area contributed by atoms with E-state index in [0.29, 0.717) is 9.75 Å². The molecule has 1 rings (SSSR count). The lowest BCUT2D eigenvalue weighted by Crippen LogP contribution is -1.88. The van der Waals surface area contributed by atoms with Gasteiger partial charge in [0.05, 0.1) is 9.75 Å². The summed E-state index contributed by atoms with van der Waals surface area (Å²) in [5.74, 6) is 0. The Hall–Kier alpha value is -0.380. The number of thiophene rings is 1. The van der Waals surface area contributed by atoms with Gasteiger partial charge in [-0.2, -0.15) is 0 Å². The molecule has 0 radical (unpaired) electrons. The Bertz CT molecular complexity index is 347. The molecule has 0 aliphatic carbocycles. The van der Waals surface area contributed by atoms with Crippen LogP contribution in [-0.2, 0) is 0 Å². The van der Waals surface area contributed by atoms with Crippen molar-refractivity contribution in [2.75, 3.05) is 0 Å². The summed E-state index contributed by atoms with van der Waals surface area (Å²) in [5, 5.41) is -1.09. The largest absolute Gasteiger partial charge is 0.275 e. The van der Waals surface area contributed by atoms with Gasteiger partial charge in [0.15, 0.2) is 0 Å². The summed E-state index contributed by atoms with van der Waals surface area (Å²) in [4.78, 5) is 22.5. The van der Waals surface area contributed by atoms with Crippen LogP contribution in [0.2, 0.25) is 0 Å². The molecule has 1 heterocycles. The van der Waals surface area contributed by atoms with Crippen molar-refractivity contribution in [1.29, 1.82) is 0 Å². The molecule has 2 nitrogen and oxygen atoms in total. The van der Waals surface area contributed by atoms with Crippen molar-refractivity contribution in [3.05, 3.63) is 20.9 Å².